The molecule has 0 rings (SSSR count). The minimum atomic E-state index is -0.151. The second-order valence-electron chi connectivity index (χ2n) is 17.5. The maximum Gasteiger partial charge on any atom is 0.305 e. The van der Waals surface area contributed by atoms with Crippen LogP contribution in [0, 0.1) is 0 Å². The first-order valence-electron chi connectivity index (χ1n) is 26.5. The fourth-order valence-electron chi connectivity index (χ4n) is 7.38. The first kappa shape index (κ1) is 59.7. The van der Waals surface area contributed by atoms with Gasteiger partial charge in [-0.1, -0.05) is 144 Å². The van der Waals surface area contributed by atoms with E-state index in [0.29, 0.717) is 26.1 Å². The Hall–Kier alpha value is -1.26. The average Bonchev–Trinajstić information content (AvgIpc) is 3.26. The van der Waals surface area contributed by atoms with Crippen LogP contribution in [0.4, 0.5) is 0 Å². The Bertz CT molecular complexity index is 797. The lowest BCUT2D eigenvalue weighted by Gasteiger charge is -2.22. The van der Waals surface area contributed by atoms with Crippen LogP contribution in [0.1, 0.15) is 253 Å². The molecule has 61 heavy (non-hydrogen) atoms. The molecule has 0 aliphatic heterocycles. The molecule has 0 saturated heterocycles. The molecule has 0 aromatic heterocycles. The Kier molecular flexibility index (Phi) is 48.7. The van der Waals surface area contributed by atoms with Gasteiger partial charge in [-0.2, -0.15) is 0 Å². The molecule has 0 saturated carbocycles. The Balaban J connectivity index is 4.05. The predicted molar refractivity (Wildman–Crippen MR) is 255 cm³/mol. The third kappa shape index (κ3) is 45.1. The highest BCUT2D eigenvalue weighted by molar-refractivity contribution is 5.69. The summed E-state index contributed by atoms with van der Waals surface area (Å²) in [4.78, 5) is 27.3. The lowest BCUT2D eigenvalue weighted by Crippen LogP contribution is -2.27. The molecule has 0 atom stereocenters. The molecule has 0 unspecified atom stereocenters. The Labute approximate surface area is 378 Å². The topological polar surface area (TPSA) is 92.8 Å². The van der Waals surface area contributed by atoms with E-state index in [1.807, 2.05) is 0 Å². The van der Waals surface area contributed by atoms with Crippen molar-refractivity contribution in [2.75, 3.05) is 59.3 Å². The molecule has 0 heterocycles. The number of rotatable bonds is 51. The van der Waals surface area contributed by atoms with Crippen LogP contribution in [0.15, 0.2) is 0 Å². The minimum Gasteiger partial charge on any atom is -0.466 e. The van der Waals surface area contributed by atoms with Crippen molar-refractivity contribution in [2.24, 2.45) is 0 Å². The third-order valence-electron chi connectivity index (χ3n) is 11.4. The van der Waals surface area contributed by atoms with E-state index in [0.717, 1.165) is 129 Å². The summed E-state index contributed by atoms with van der Waals surface area (Å²) in [5.74, 6) is -0.150. The summed E-state index contributed by atoms with van der Waals surface area (Å²) in [5.41, 5.74) is 0. The first-order chi connectivity index (χ1) is 30.0. The van der Waals surface area contributed by atoms with E-state index in [4.69, 9.17) is 28.4 Å². The number of hydrogen-bond acceptors (Lipinski definition) is 9. The van der Waals surface area contributed by atoms with Gasteiger partial charge in [0.15, 0.2) is 12.6 Å². The molecule has 0 aromatic rings. The molecule has 0 fully saturated rings. The fourth-order valence-corrected chi connectivity index (χ4v) is 7.38. The van der Waals surface area contributed by atoms with Crippen LogP contribution in [-0.4, -0.2) is 88.7 Å². The van der Waals surface area contributed by atoms with Crippen molar-refractivity contribution in [3.05, 3.63) is 0 Å². The van der Waals surface area contributed by atoms with Gasteiger partial charge in [0.05, 0.1) is 13.2 Å². The SMILES string of the molecule is CCCCCCOC(CCCCC(=O)OCCCCCCN(CCCC)CCCCCCOC(=O)CCCCC(OCCCCCC)OCCCCCC)OCCCCCC. The van der Waals surface area contributed by atoms with Crippen LogP contribution in [0.2, 0.25) is 0 Å². The van der Waals surface area contributed by atoms with Gasteiger partial charge in [0.25, 0.3) is 0 Å². The van der Waals surface area contributed by atoms with E-state index >= 15 is 0 Å². The van der Waals surface area contributed by atoms with Crippen LogP contribution in [0.5, 0.6) is 0 Å². The van der Waals surface area contributed by atoms with Gasteiger partial charge in [-0.25, -0.2) is 0 Å². The van der Waals surface area contributed by atoms with Crippen molar-refractivity contribution in [1.29, 1.82) is 0 Å². The summed E-state index contributed by atoms with van der Waals surface area (Å²) in [6.45, 7) is 18.7. The molecule has 9 nitrogen and oxygen atoms in total. The van der Waals surface area contributed by atoms with Crippen LogP contribution < -0.4 is 0 Å². The highest BCUT2D eigenvalue weighted by atomic mass is 16.7. The molecule has 0 aliphatic rings. The average molecular weight is 870 g/mol. The standard InChI is InChI=1S/C52H103NO8/c1-6-11-16-30-45-58-51(59-46-31-17-12-7-2)38-26-24-36-49(54)56-43-34-22-20-28-41-53(40-15-10-5)42-29-21-23-35-44-57-50(55)37-25-27-39-52(60-47-32-18-13-8-3)61-48-33-19-14-9-4/h51-52H,6-48H2,1-5H3. The van der Waals surface area contributed by atoms with Gasteiger partial charge in [0, 0.05) is 39.3 Å². The number of esters is 2. The summed E-state index contributed by atoms with van der Waals surface area (Å²) < 4.78 is 35.4. The molecule has 0 bridgehead atoms. The summed E-state index contributed by atoms with van der Waals surface area (Å²) in [6.07, 6.45) is 36.2. The quantitative estimate of drug-likeness (QED) is 0.0336. The summed E-state index contributed by atoms with van der Waals surface area (Å²) in [5, 5.41) is 0. The Morgan fingerprint density at radius 3 is 0.967 bits per heavy atom. The van der Waals surface area contributed by atoms with Crippen molar-refractivity contribution >= 4 is 11.9 Å². The van der Waals surface area contributed by atoms with Gasteiger partial charge in [-0.3, -0.25) is 9.59 Å². The zero-order valence-electron chi connectivity index (χ0n) is 41.3. The Morgan fingerprint density at radius 2 is 0.623 bits per heavy atom. The van der Waals surface area contributed by atoms with Gasteiger partial charge >= 0.3 is 11.9 Å². The van der Waals surface area contributed by atoms with E-state index in [2.05, 4.69) is 39.5 Å². The van der Waals surface area contributed by atoms with Crippen LogP contribution >= 0.6 is 0 Å². The zero-order chi connectivity index (χ0) is 44.5. The van der Waals surface area contributed by atoms with E-state index in [-0.39, 0.29) is 24.5 Å². The lowest BCUT2D eigenvalue weighted by molar-refractivity contribution is -0.149. The molecule has 0 aromatic carbocycles. The molecule has 0 spiro atoms. The van der Waals surface area contributed by atoms with Crippen LogP contribution in [0.3, 0.4) is 0 Å². The molecule has 0 amide bonds. The number of carbonyl (C=O) groups excluding carboxylic acids is 2. The van der Waals surface area contributed by atoms with Gasteiger partial charge in [0.1, 0.15) is 0 Å². The van der Waals surface area contributed by atoms with E-state index in [1.54, 1.807) is 0 Å². The predicted octanol–water partition coefficient (Wildman–Crippen LogP) is 14.5. The highest BCUT2D eigenvalue weighted by Gasteiger charge is 2.13. The molecule has 0 radical (unpaired) electrons. The van der Waals surface area contributed by atoms with Crippen molar-refractivity contribution in [1.82, 2.24) is 4.90 Å². The Morgan fingerprint density at radius 1 is 0.328 bits per heavy atom. The van der Waals surface area contributed by atoms with E-state index in [1.165, 1.54) is 122 Å². The van der Waals surface area contributed by atoms with Gasteiger partial charge in [0.2, 0.25) is 0 Å². The number of carbonyl (C=O) groups is 2. The number of hydrogen-bond donors (Lipinski definition) is 0. The monoisotopic (exact) mass is 870 g/mol. The normalized spacial score (nSPS) is 11.7. The highest BCUT2D eigenvalue weighted by Crippen LogP contribution is 2.15. The lowest BCUT2D eigenvalue weighted by atomic mass is 10.1. The summed E-state index contributed by atoms with van der Waals surface area (Å²) in [6, 6.07) is 0. The molecule has 0 aliphatic carbocycles. The fraction of sp³-hybridized carbons (Fsp3) is 0.962. The third-order valence-corrected chi connectivity index (χ3v) is 11.4. The number of nitrogens with zero attached hydrogens (tertiary/aromatic N) is 1. The molecule has 364 valence electrons. The maximum absolute atomic E-state index is 12.4. The molecular weight excluding hydrogens is 767 g/mol. The van der Waals surface area contributed by atoms with E-state index in [9.17, 15) is 9.59 Å². The van der Waals surface area contributed by atoms with Gasteiger partial charge < -0.3 is 33.3 Å². The molecular formula is C52H103NO8. The maximum atomic E-state index is 12.4. The molecule has 0 N–H and O–H groups in total. The smallest absolute Gasteiger partial charge is 0.305 e. The molecule has 9 heteroatoms. The van der Waals surface area contributed by atoms with Crippen molar-refractivity contribution in [2.45, 2.75) is 266 Å². The van der Waals surface area contributed by atoms with Crippen molar-refractivity contribution in [3.63, 3.8) is 0 Å². The van der Waals surface area contributed by atoms with Crippen LogP contribution in [-0.2, 0) is 38.0 Å². The first-order valence-corrected chi connectivity index (χ1v) is 26.5. The number of ether oxygens (including phenoxy) is 6. The van der Waals surface area contributed by atoms with Crippen molar-refractivity contribution in [3.8, 4) is 0 Å². The van der Waals surface area contributed by atoms with Crippen LogP contribution in [0.25, 0.3) is 0 Å². The second kappa shape index (κ2) is 49.8. The second-order valence-corrected chi connectivity index (χ2v) is 17.5. The van der Waals surface area contributed by atoms with Gasteiger partial charge in [-0.05, 0) is 116 Å². The largest absolute Gasteiger partial charge is 0.466 e. The minimum absolute atomic E-state index is 0.0748. The summed E-state index contributed by atoms with van der Waals surface area (Å²) >= 11 is 0. The zero-order valence-corrected chi connectivity index (χ0v) is 41.3. The van der Waals surface area contributed by atoms with Crippen molar-refractivity contribution < 1.29 is 38.0 Å². The number of unbranched alkanes of at least 4 members (excludes halogenated alkanes) is 21. The summed E-state index contributed by atoms with van der Waals surface area (Å²) in [7, 11) is 0. The van der Waals surface area contributed by atoms with Gasteiger partial charge in [-0.15, -0.1) is 0 Å². The van der Waals surface area contributed by atoms with E-state index < -0.39 is 0 Å².